The van der Waals surface area contributed by atoms with Crippen molar-refractivity contribution in [3.05, 3.63) is 42.0 Å². The van der Waals surface area contributed by atoms with Gasteiger partial charge in [-0.15, -0.1) is 10.2 Å². The molecule has 1 aromatic carbocycles. The molecule has 0 N–H and O–H groups in total. The molecule has 4 heteroatoms. The van der Waals surface area contributed by atoms with Crippen molar-refractivity contribution in [1.82, 2.24) is 14.8 Å². The molecule has 78 valence electrons. The number of benzene rings is 1. The van der Waals surface area contributed by atoms with Crippen LogP contribution in [0.3, 0.4) is 0 Å². The van der Waals surface area contributed by atoms with Gasteiger partial charge in [-0.2, -0.15) is 0 Å². The van der Waals surface area contributed by atoms with Gasteiger partial charge in [0.2, 0.25) is 0 Å². The van der Waals surface area contributed by atoms with Crippen LogP contribution in [0.1, 0.15) is 11.4 Å². The van der Waals surface area contributed by atoms with E-state index in [1.165, 1.54) is 5.56 Å². The Bertz CT molecular complexity index is 433. The third kappa shape index (κ3) is 2.15. The Morgan fingerprint density at radius 1 is 1.27 bits per heavy atom. The number of hydrogen-bond donors (Lipinski definition) is 0. The van der Waals surface area contributed by atoms with E-state index in [1.54, 1.807) is 13.4 Å². The molecule has 0 fully saturated rings. The van der Waals surface area contributed by atoms with Crippen LogP contribution < -0.4 is 4.74 Å². The van der Waals surface area contributed by atoms with Crippen LogP contribution in [0, 0.1) is 0 Å². The minimum absolute atomic E-state index is 0.792. The van der Waals surface area contributed by atoms with Gasteiger partial charge in [0.15, 0.2) is 0 Å². The van der Waals surface area contributed by atoms with Crippen LogP contribution in [0.2, 0.25) is 0 Å². The van der Waals surface area contributed by atoms with Gasteiger partial charge in [0.25, 0.3) is 0 Å². The second kappa shape index (κ2) is 4.13. The maximum absolute atomic E-state index is 5.09. The number of hydrogen-bond acceptors (Lipinski definition) is 3. The summed E-state index contributed by atoms with van der Waals surface area (Å²) in [6.07, 6.45) is 2.50. The summed E-state index contributed by atoms with van der Waals surface area (Å²) in [6.45, 7) is 0. The topological polar surface area (TPSA) is 39.9 Å². The molecular formula is C11H13N3O. The Morgan fingerprint density at radius 3 is 2.53 bits per heavy atom. The molecule has 0 unspecified atom stereocenters. The highest BCUT2D eigenvalue weighted by molar-refractivity contribution is 5.28. The predicted molar refractivity (Wildman–Crippen MR) is 56.8 cm³/mol. The minimum atomic E-state index is 0.792. The van der Waals surface area contributed by atoms with Crippen molar-refractivity contribution >= 4 is 0 Å². The van der Waals surface area contributed by atoms with Crippen molar-refractivity contribution in [2.75, 3.05) is 7.11 Å². The Labute approximate surface area is 88.5 Å². The molecule has 0 radical (unpaired) electrons. The first-order valence-corrected chi connectivity index (χ1v) is 4.75. The second-order valence-electron chi connectivity index (χ2n) is 3.38. The highest BCUT2D eigenvalue weighted by Gasteiger charge is 2.02. The highest BCUT2D eigenvalue weighted by atomic mass is 16.5. The minimum Gasteiger partial charge on any atom is -0.497 e. The molecule has 0 atom stereocenters. The van der Waals surface area contributed by atoms with Crippen LogP contribution in [-0.2, 0) is 13.5 Å². The molecule has 1 heterocycles. The summed E-state index contributed by atoms with van der Waals surface area (Å²) in [5, 5.41) is 7.88. The lowest BCUT2D eigenvalue weighted by Gasteiger charge is -2.02. The van der Waals surface area contributed by atoms with Crippen LogP contribution in [0.15, 0.2) is 30.6 Å². The van der Waals surface area contributed by atoms with E-state index in [0.717, 1.165) is 18.0 Å². The number of aromatic nitrogens is 3. The van der Waals surface area contributed by atoms with Gasteiger partial charge in [-0.05, 0) is 17.7 Å². The summed E-state index contributed by atoms with van der Waals surface area (Å²) < 4.78 is 7.02. The van der Waals surface area contributed by atoms with E-state index in [-0.39, 0.29) is 0 Å². The van der Waals surface area contributed by atoms with Gasteiger partial charge in [-0.1, -0.05) is 12.1 Å². The normalized spacial score (nSPS) is 10.3. The molecule has 0 aliphatic heterocycles. The molecule has 4 nitrogen and oxygen atoms in total. The molecule has 0 bridgehead atoms. The van der Waals surface area contributed by atoms with E-state index >= 15 is 0 Å². The fraction of sp³-hybridized carbons (Fsp3) is 0.273. The van der Waals surface area contributed by atoms with Crippen molar-refractivity contribution in [1.29, 1.82) is 0 Å². The largest absolute Gasteiger partial charge is 0.497 e. The van der Waals surface area contributed by atoms with Gasteiger partial charge in [0, 0.05) is 13.5 Å². The molecule has 0 saturated heterocycles. The Balaban J connectivity index is 2.14. The number of methoxy groups -OCH3 is 1. The van der Waals surface area contributed by atoms with E-state index in [4.69, 9.17) is 4.74 Å². The molecule has 1 aromatic heterocycles. The van der Waals surface area contributed by atoms with Gasteiger partial charge < -0.3 is 9.30 Å². The molecule has 2 aromatic rings. The summed E-state index contributed by atoms with van der Waals surface area (Å²) in [7, 11) is 3.61. The highest BCUT2D eigenvalue weighted by Crippen LogP contribution is 2.13. The average Bonchev–Trinajstić information content (AvgIpc) is 2.66. The average molecular weight is 203 g/mol. The Morgan fingerprint density at radius 2 is 2.00 bits per heavy atom. The van der Waals surface area contributed by atoms with Crippen molar-refractivity contribution in [2.45, 2.75) is 6.42 Å². The SMILES string of the molecule is COc1ccc(Cc2nncn2C)cc1. The molecule has 0 spiro atoms. The molecular weight excluding hydrogens is 190 g/mol. The summed E-state index contributed by atoms with van der Waals surface area (Å²) in [5.41, 5.74) is 1.20. The molecule has 15 heavy (non-hydrogen) atoms. The van der Waals surface area contributed by atoms with Crippen LogP contribution in [0.4, 0.5) is 0 Å². The fourth-order valence-electron chi connectivity index (χ4n) is 1.39. The summed E-state index contributed by atoms with van der Waals surface area (Å²) >= 11 is 0. The van der Waals surface area contributed by atoms with Crippen LogP contribution >= 0.6 is 0 Å². The van der Waals surface area contributed by atoms with Crippen molar-refractivity contribution < 1.29 is 4.74 Å². The first-order valence-electron chi connectivity index (χ1n) is 4.75. The van der Waals surface area contributed by atoms with Gasteiger partial charge in [-0.3, -0.25) is 0 Å². The second-order valence-corrected chi connectivity index (χ2v) is 3.38. The Kier molecular flexibility index (Phi) is 2.67. The van der Waals surface area contributed by atoms with E-state index < -0.39 is 0 Å². The number of rotatable bonds is 3. The number of aryl methyl sites for hydroxylation is 1. The first kappa shape index (κ1) is 9.71. The predicted octanol–water partition coefficient (Wildman–Crippen LogP) is 1.41. The molecule has 0 saturated carbocycles. The first-order chi connectivity index (χ1) is 7.29. The zero-order valence-electron chi connectivity index (χ0n) is 8.84. The third-order valence-electron chi connectivity index (χ3n) is 2.33. The van der Waals surface area contributed by atoms with Gasteiger partial charge in [-0.25, -0.2) is 0 Å². The third-order valence-corrected chi connectivity index (χ3v) is 2.33. The smallest absolute Gasteiger partial charge is 0.136 e. The molecule has 2 rings (SSSR count). The maximum atomic E-state index is 5.09. The van der Waals surface area contributed by atoms with Crippen LogP contribution in [0.5, 0.6) is 5.75 Å². The molecule has 0 aliphatic rings. The molecule has 0 amide bonds. The lowest BCUT2D eigenvalue weighted by molar-refractivity contribution is 0.414. The van der Waals surface area contributed by atoms with E-state index in [0.29, 0.717) is 0 Å². The van der Waals surface area contributed by atoms with Crippen LogP contribution in [-0.4, -0.2) is 21.9 Å². The van der Waals surface area contributed by atoms with Gasteiger partial charge in [0.1, 0.15) is 17.9 Å². The van der Waals surface area contributed by atoms with Gasteiger partial charge in [0.05, 0.1) is 7.11 Å². The van der Waals surface area contributed by atoms with E-state index in [2.05, 4.69) is 10.2 Å². The monoisotopic (exact) mass is 203 g/mol. The number of nitrogens with zero attached hydrogens (tertiary/aromatic N) is 3. The fourth-order valence-corrected chi connectivity index (χ4v) is 1.39. The summed E-state index contributed by atoms with van der Waals surface area (Å²) in [4.78, 5) is 0. The standard InChI is InChI=1S/C11H13N3O/c1-14-8-12-13-11(14)7-9-3-5-10(15-2)6-4-9/h3-6,8H,7H2,1-2H3. The van der Waals surface area contributed by atoms with Gasteiger partial charge >= 0.3 is 0 Å². The number of ether oxygens (including phenoxy) is 1. The Hall–Kier alpha value is -1.84. The van der Waals surface area contributed by atoms with Crippen molar-refractivity contribution in [3.8, 4) is 5.75 Å². The lowest BCUT2D eigenvalue weighted by Crippen LogP contribution is -1.98. The lowest BCUT2D eigenvalue weighted by atomic mass is 10.1. The van der Waals surface area contributed by atoms with Crippen LogP contribution in [0.25, 0.3) is 0 Å². The molecule has 0 aliphatic carbocycles. The van der Waals surface area contributed by atoms with Crippen molar-refractivity contribution in [2.24, 2.45) is 7.05 Å². The van der Waals surface area contributed by atoms with E-state index in [1.807, 2.05) is 35.9 Å². The maximum Gasteiger partial charge on any atom is 0.136 e. The zero-order chi connectivity index (χ0) is 10.7. The van der Waals surface area contributed by atoms with E-state index in [9.17, 15) is 0 Å². The summed E-state index contributed by atoms with van der Waals surface area (Å²) in [5.74, 6) is 1.83. The summed E-state index contributed by atoms with van der Waals surface area (Å²) in [6, 6.07) is 7.97. The zero-order valence-corrected chi connectivity index (χ0v) is 8.84. The quantitative estimate of drug-likeness (QED) is 0.757. The van der Waals surface area contributed by atoms with Crippen molar-refractivity contribution in [3.63, 3.8) is 0 Å².